The number of rotatable bonds is 6. The molecular weight excluding hydrogens is 413 g/mol. The average molecular weight is 437 g/mol. The van der Waals surface area contributed by atoms with Gasteiger partial charge in [-0.25, -0.2) is 17.6 Å². The Balaban J connectivity index is 1.75. The highest BCUT2D eigenvalue weighted by atomic mass is 32.2. The van der Waals surface area contributed by atoms with Crippen LogP contribution in [0, 0.1) is 5.82 Å². The minimum atomic E-state index is -3.77. The highest BCUT2D eigenvalue weighted by Gasteiger charge is 2.29. The zero-order valence-electron chi connectivity index (χ0n) is 16.8. The molecule has 3 rings (SSSR count). The van der Waals surface area contributed by atoms with Crippen molar-refractivity contribution < 1.29 is 27.1 Å². The lowest BCUT2D eigenvalue weighted by Gasteiger charge is -2.35. The van der Waals surface area contributed by atoms with Crippen molar-refractivity contribution in [1.82, 2.24) is 4.31 Å². The summed E-state index contributed by atoms with van der Waals surface area (Å²) in [5, 5.41) is 2.50. The number of anilines is 2. The van der Waals surface area contributed by atoms with Gasteiger partial charge in [-0.1, -0.05) is 0 Å². The molecule has 1 heterocycles. The second-order valence-electron chi connectivity index (χ2n) is 6.58. The number of amides is 1. The fraction of sp³-hybridized carbons (Fsp3) is 0.350. The van der Waals surface area contributed by atoms with Crippen LogP contribution in [0.3, 0.4) is 0 Å². The summed E-state index contributed by atoms with van der Waals surface area (Å²) in [6.07, 6.45) is -0.696. The van der Waals surface area contributed by atoms with Gasteiger partial charge < -0.3 is 14.4 Å². The zero-order chi connectivity index (χ0) is 21.7. The maximum atomic E-state index is 13.1. The largest absolute Gasteiger partial charge is 0.495 e. The molecule has 2 aromatic carbocycles. The number of ether oxygens (including phenoxy) is 2. The van der Waals surface area contributed by atoms with E-state index in [4.69, 9.17) is 9.47 Å². The second kappa shape index (κ2) is 9.31. The highest BCUT2D eigenvalue weighted by molar-refractivity contribution is 7.89. The first kappa shape index (κ1) is 21.8. The van der Waals surface area contributed by atoms with Crippen molar-refractivity contribution in [2.75, 3.05) is 50.1 Å². The number of nitrogens with zero attached hydrogens (tertiary/aromatic N) is 2. The maximum absolute atomic E-state index is 13.1. The van der Waals surface area contributed by atoms with E-state index in [1.54, 1.807) is 19.1 Å². The number of sulfonamides is 1. The van der Waals surface area contributed by atoms with E-state index in [2.05, 4.69) is 5.32 Å². The van der Waals surface area contributed by atoms with E-state index in [9.17, 15) is 17.6 Å². The minimum Gasteiger partial charge on any atom is -0.495 e. The van der Waals surface area contributed by atoms with Gasteiger partial charge in [0.05, 0.1) is 24.3 Å². The first-order chi connectivity index (χ1) is 14.3. The number of nitrogens with one attached hydrogen (secondary N) is 1. The molecule has 0 radical (unpaired) electrons. The summed E-state index contributed by atoms with van der Waals surface area (Å²) in [5.74, 6) is 0.00911. The predicted molar refractivity (Wildman–Crippen MR) is 111 cm³/mol. The zero-order valence-corrected chi connectivity index (χ0v) is 17.6. The number of halogens is 1. The van der Waals surface area contributed by atoms with Crippen molar-refractivity contribution >= 4 is 27.5 Å². The molecular formula is C20H24FN3O5S. The van der Waals surface area contributed by atoms with Gasteiger partial charge in [0.2, 0.25) is 10.0 Å². The molecule has 1 N–H and O–H groups in total. The molecule has 0 atom stereocenters. The van der Waals surface area contributed by atoms with Gasteiger partial charge in [0.15, 0.2) is 0 Å². The Hall–Kier alpha value is -2.85. The molecule has 1 aliphatic heterocycles. The van der Waals surface area contributed by atoms with Crippen LogP contribution < -0.4 is 15.0 Å². The van der Waals surface area contributed by atoms with E-state index in [1.807, 2.05) is 4.90 Å². The summed E-state index contributed by atoms with van der Waals surface area (Å²) in [6.45, 7) is 3.39. The molecule has 30 heavy (non-hydrogen) atoms. The summed E-state index contributed by atoms with van der Waals surface area (Å²) < 4.78 is 50.8. The van der Waals surface area contributed by atoms with E-state index in [0.29, 0.717) is 18.8 Å². The Morgan fingerprint density at radius 1 is 1.10 bits per heavy atom. The maximum Gasteiger partial charge on any atom is 0.411 e. The topological polar surface area (TPSA) is 88.2 Å². The van der Waals surface area contributed by atoms with Gasteiger partial charge >= 0.3 is 6.09 Å². The first-order valence-electron chi connectivity index (χ1n) is 9.47. The van der Waals surface area contributed by atoms with Crippen molar-refractivity contribution in [3.05, 3.63) is 48.3 Å². The number of piperazine rings is 1. The monoisotopic (exact) mass is 437 g/mol. The quantitative estimate of drug-likeness (QED) is 0.748. The molecule has 1 amide bonds. The smallest absolute Gasteiger partial charge is 0.411 e. The average Bonchev–Trinajstić information content (AvgIpc) is 2.74. The molecule has 0 unspecified atom stereocenters. The number of benzene rings is 2. The number of methoxy groups -OCH3 is 1. The molecule has 0 spiro atoms. The number of carbonyl (C=O) groups excluding carboxylic acids is 1. The van der Waals surface area contributed by atoms with Crippen LogP contribution in [0.4, 0.5) is 20.6 Å². The van der Waals surface area contributed by atoms with Crippen LogP contribution in [0.2, 0.25) is 0 Å². The molecule has 162 valence electrons. The Bertz CT molecular complexity index is 990. The predicted octanol–water partition coefficient (Wildman–Crippen LogP) is 2.91. The second-order valence-corrected chi connectivity index (χ2v) is 8.51. The lowest BCUT2D eigenvalue weighted by Crippen LogP contribution is -2.48. The Kier molecular flexibility index (Phi) is 6.78. The molecule has 1 saturated heterocycles. The van der Waals surface area contributed by atoms with Crippen LogP contribution in [0.25, 0.3) is 0 Å². The van der Waals surface area contributed by atoms with Crippen molar-refractivity contribution in [2.24, 2.45) is 0 Å². The van der Waals surface area contributed by atoms with Crippen molar-refractivity contribution in [3.63, 3.8) is 0 Å². The molecule has 1 fully saturated rings. The standard InChI is InChI=1S/C20H24FN3O5S/c1-3-29-20(25)22-18-14-17(8-9-19(18)28-2)30(26,27)24-12-10-23(11-13-24)16-6-4-15(21)5-7-16/h4-9,14H,3,10-13H2,1-2H3,(H,22,25). The van der Waals surface area contributed by atoms with Crippen molar-refractivity contribution in [3.8, 4) is 5.75 Å². The van der Waals surface area contributed by atoms with Gasteiger partial charge in [-0.2, -0.15) is 4.31 Å². The van der Waals surface area contributed by atoms with Gasteiger partial charge in [0, 0.05) is 31.9 Å². The fourth-order valence-corrected chi connectivity index (χ4v) is 4.66. The van der Waals surface area contributed by atoms with Crippen LogP contribution in [-0.4, -0.2) is 58.7 Å². The van der Waals surface area contributed by atoms with Gasteiger partial charge in [-0.3, -0.25) is 5.32 Å². The van der Waals surface area contributed by atoms with Gasteiger partial charge in [0.1, 0.15) is 11.6 Å². The Labute approximate surface area is 175 Å². The fourth-order valence-electron chi connectivity index (χ4n) is 3.21. The van der Waals surface area contributed by atoms with Gasteiger partial charge in [-0.05, 0) is 49.4 Å². The Morgan fingerprint density at radius 3 is 2.37 bits per heavy atom. The number of carbonyl (C=O) groups is 1. The number of hydrogen-bond acceptors (Lipinski definition) is 6. The normalized spacial score (nSPS) is 15.0. The van der Waals surface area contributed by atoms with E-state index in [0.717, 1.165) is 5.69 Å². The van der Waals surface area contributed by atoms with E-state index < -0.39 is 16.1 Å². The van der Waals surface area contributed by atoms with Crippen LogP contribution in [0.5, 0.6) is 5.75 Å². The van der Waals surface area contributed by atoms with Crippen molar-refractivity contribution in [2.45, 2.75) is 11.8 Å². The summed E-state index contributed by atoms with van der Waals surface area (Å²) >= 11 is 0. The molecule has 0 aromatic heterocycles. The van der Waals surface area contributed by atoms with Crippen LogP contribution in [-0.2, 0) is 14.8 Å². The van der Waals surface area contributed by atoms with Crippen LogP contribution in [0.1, 0.15) is 6.92 Å². The van der Waals surface area contributed by atoms with Gasteiger partial charge in [0.25, 0.3) is 0 Å². The third-order valence-corrected chi connectivity index (χ3v) is 6.65. The minimum absolute atomic E-state index is 0.0466. The van der Waals surface area contributed by atoms with Crippen LogP contribution in [0.15, 0.2) is 47.4 Å². The van der Waals surface area contributed by atoms with E-state index in [1.165, 1.54) is 41.7 Å². The Morgan fingerprint density at radius 2 is 1.77 bits per heavy atom. The first-order valence-corrected chi connectivity index (χ1v) is 10.9. The molecule has 0 saturated carbocycles. The summed E-state index contributed by atoms with van der Waals surface area (Å²) in [7, 11) is -2.35. The molecule has 1 aliphatic rings. The van der Waals surface area contributed by atoms with Crippen molar-refractivity contribution in [1.29, 1.82) is 0 Å². The van der Waals surface area contributed by atoms with Gasteiger partial charge in [-0.15, -0.1) is 0 Å². The molecule has 10 heteroatoms. The van der Waals surface area contributed by atoms with E-state index in [-0.39, 0.29) is 36.1 Å². The molecule has 2 aromatic rings. The third-order valence-electron chi connectivity index (χ3n) is 4.75. The lowest BCUT2D eigenvalue weighted by molar-refractivity contribution is 0.168. The molecule has 0 bridgehead atoms. The summed E-state index contributed by atoms with van der Waals surface area (Å²) in [6, 6.07) is 10.4. The third kappa shape index (κ3) is 4.82. The number of hydrogen-bond donors (Lipinski definition) is 1. The molecule has 0 aliphatic carbocycles. The molecule has 8 nitrogen and oxygen atoms in total. The SMILES string of the molecule is CCOC(=O)Nc1cc(S(=O)(=O)N2CCN(c3ccc(F)cc3)CC2)ccc1OC. The highest BCUT2D eigenvalue weighted by Crippen LogP contribution is 2.30. The summed E-state index contributed by atoms with van der Waals surface area (Å²) in [4.78, 5) is 13.8. The summed E-state index contributed by atoms with van der Waals surface area (Å²) in [5.41, 5.74) is 1.06. The van der Waals surface area contributed by atoms with Crippen LogP contribution >= 0.6 is 0 Å². The lowest BCUT2D eigenvalue weighted by atomic mass is 10.2. The van der Waals surface area contributed by atoms with E-state index >= 15 is 0 Å².